The van der Waals surface area contributed by atoms with Crippen molar-refractivity contribution in [3.63, 3.8) is 0 Å². The minimum absolute atomic E-state index is 0.148. The lowest BCUT2D eigenvalue weighted by atomic mass is 10.1. The van der Waals surface area contributed by atoms with Gasteiger partial charge in [-0.3, -0.25) is 4.79 Å². The summed E-state index contributed by atoms with van der Waals surface area (Å²) >= 11 is 0. The number of ketones is 1. The van der Waals surface area contributed by atoms with Gasteiger partial charge < -0.3 is 9.15 Å². The molecule has 0 aliphatic heterocycles. The molecule has 0 amide bonds. The van der Waals surface area contributed by atoms with Gasteiger partial charge in [-0.2, -0.15) is 4.98 Å². The molecule has 0 bridgehead atoms. The summed E-state index contributed by atoms with van der Waals surface area (Å²) in [5, 5.41) is 4.94. The molecule has 0 unspecified atom stereocenters. The monoisotopic (exact) mass is 364 g/mol. The highest BCUT2D eigenvalue weighted by atomic mass is 16.5. The number of fused-ring (bicyclic) bond motifs is 2. The molecule has 4 aromatic rings. The maximum absolute atomic E-state index is 12.4. The molecule has 8 heteroatoms. The van der Waals surface area contributed by atoms with E-state index in [1.54, 1.807) is 13.0 Å². The van der Waals surface area contributed by atoms with Crippen molar-refractivity contribution in [3.8, 4) is 0 Å². The van der Waals surface area contributed by atoms with Crippen molar-refractivity contribution in [2.24, 2.45) is 0 Å². The van der Waals surface area contributed by atoms with Crippen molar-refractivity contribution in [1.82, 2.24) is 19.6 Å². The fourth-order valence-electron chi connectivity index (χ4n) is 2.95. The van der Waals surface area contributed by atoms with Crippen molar-refractivity contribution in [3.05, 3.63) is 58.9 Å². The number of ether oxygens (including phenoxy) is 1. The Labute approximate surface area is 153 Å². The molecular weight excluding hydrogens is 348 g/mol. The predicted molar refractivity (Wildman–Crippen MR) is 95.8 cm³/mol. The number of furan rings is 1. The van der Waals surface area contributed by atoms with Crippen LogP contribution in [0.4, 0.5) is 0 Å². The van der Waals surface area contributed by atoms with Gasteiger partial charge in [0.15, 0.2) is 12.4 Å². The van der Waals surface area contributed by atoms with Crippen LogP contribution >= 0.6 is 0 Å². The van der Waals surface area contributed by atoms with Gasteiger partial charge in [-0.15, -0.1) is 5.10 Å². The smallest absolute Gasteiger partial charge is 0.378 e. The van der Waals surface area contributed by atoms with Gasteiger partial charge in [0.1, 0.15) is 5.58 Å². The van der Waals surface area contributed by atoms with Crippen LogP contribution in [0.3, 0.4) is 0 Å². The number of hydrogen-bond acceptors (Lipinski definition) is 7. The topological polar surface area (TPSA) is 99.6 Å². The first-order valence-electron chi connectivity index (χ1n) is 8.33. The molecule has 0 aliphatic rings. The lowest BCUT2D eigenvalue weighted by Gasteiger charge is -2.00. The summed E-state index contributed by atoms with van der Waals surface area (Å²) in [6.07, 6.45) is 0. The van der Waals surface area contributed by atoms with E-state index in [2.05, 4.69) is 15.1 Å². The number of benzene rings is 1. The molecule has 0 aliphatic carbocycles. The lowest BCUT2D eigenvalue weighted by molar-refractivity contribution is 0.0456. The van der Waals surface area contributed by atoms with Crippen LogP contribution in [-0.4, -0.2) is 37.9 Å². The van der Waals surface area contributed by atoms with E-state index in [0.29, 0.717) is 16.9 Å². The van der Waals surface area contributed by atoms with Crippen LogP contribution in [-0.2, 0) is 4.74 Å². The van der Waals surface area contributed by atoms with E-state index in [4.69, 9.17) is 9.15 Å². The highest BCUT2D eigenvalue weighted by molar-refractivity contribution is 6.02. The van der Waals surface area contributed by atoms with Gasteiger partial charge in [0.25, 0.3) is 11.6 Å². The number of esters is 1. The molecule has 3 heterocycles. The van der Waals surface area contributed by atoms with Gasteiger partial charge in [0.2, 0.25) is 5.78 Å². The van der Waals surface area contributed by atoms with E-state index < -0.39 is 18.4 Å². The molecule has 27 heavy (non-hydrogen) atoms. The Balaban J connectivity index is 1.52. The largest absolute Gasteiger partial charge is 0.453 e. The number of para-hydroxylation sites is 1. The average Bonchev–Trinajstić information content (AvgIpc) is 3.21. The van der Waals surface area contributed by atoms with Crippen LogP contribution in [0.1, 0.15) is 38.1 Å². The Kier molecular flexibility index (Phi) is 3.95. The quantitative estimate of drug-likeness (QED) is 0.405. The fraction of sp³-hybridized carbons (Fsp3) is 0.211. The molecule has 1 aromatic carbocycles. The number of aromatic nitrogens is 4. The summed E-state index contributed by atoms with van der Waals surface area (Å²) in [4.78, 5) is 32.9. The highest BCUT2D eigenvalue weighted by Crippen LogP contribution is 2.25. The zero-order valence-corrected chi connectivity index (χ0v) is 15.0. The van der Waals surface area contributed by atoms with E-state index in [0.717, 1.165) is 16.8 Å². The van der Waals surface area contributed by atoms with E-state index in [9.17, 15) is 9.59 Å². The molecule has 3 aromatic heterocycles. The van der Waals surface area contributed by atoms with Gasteiger partial charge in [-0.05, 0) is 32.9 Å². The molecule has 0 spiro atoms. The Morgan fingerprint density at radius 2 is 1.93 bits per heavy atom. The minimum Gasteiger partial charge on any atom is -0.453 e. The number of carbonyl (C=O) groups is 2. The third-order valence-corrected chi connectivity index (χ3v) is 4.23. The highest BCUT2D eigenvalue weighted by Gasteiger charge is 2.21. The summed E-state index contributed by atoms with van der Waals surface area (Å²) in [5.41, 5.74) is 2.89. The molecule has 4 rings (SSSR count). The van der Waals surface area contributed by atoms with Gasteiger partial charge in [0, 0.05) is 22.3 Å². The maximum atomic E-state index is 12.4. The Morgan fingerprint density at radius 3 is 2.70 bits per heavy atom. The normalized spacial score (nSPS) is 11.2. The zero-order valence-electron chi connectivity index (χ0n) is 15.0. The van der Waals surface area contributed by atoms with Crippen molar-refractivity contribution in [1.29, 1.82) is 0 Å². The number of nitrogens with zero attached hydrogens (tertiary/aromatic N) is 4. The van der Waals surface area contributed by atoms with Crippen LogP contribution < -0.4 is 0 Å². The van der Waals surface area contributed by atoms with Gasteiger partial charge in [-0.25, -0.2) is 14.3 Å². The molecule has 0 fully saturated rings. The average molecular weight is 364 g/mol. The van der Waals surface area contributed by atoms with Crippen molar-refractivity contribution in [2.75, 3.05) is 6.61 Å². The molecule has 0 saturated carbocycles. The first-order valence-corrected chi connectivity index (χ1v) is 8.33. The second kappa shape index (κ2) is 6.31. The number of aryl methyl sites for hydroxylation is 3. The summed E-state index contributed by atoms with van der Waals surface area (Å²) in [5.74, 6) is -0.880. The standard InChI is InChI=1S/C19H16N4O4/c1-10-8-11(2)23-19(20-10)21-17(22-23)18(25)26-9-14(24)16-12(3)13-6-4-5-7-15(13)27-16/h4-8H,9H2,1-3H3. The Morgan fingerprint density at radius 1 is 1.15 bits per heavy atom. The maximum Gasteiger partial charge on any atom is 0.378 e. The van der Waals surface area contributed by atoms with Crippen LogP contribution in [0, 0.1) is 20.8 Å². The van der Waals surface area contributed by atoms with Crippen molar-refractivity contribution < 1.29 is 18.7 Å². The number of rotatable bonds is 4. The zero-order chi connectivity index (χ0) is 19.1. The number of carbonyl (C=O) groups excluding carboxylic acids is 2. The van der Waals surface area contributed by atoms with Crippen LogP contribution in [0.15, 0.2) is 34.7 Å². The van der Waals surface area contributed by atoms with Crippen molar-refractivity contribution >= 4 is 28.5 Å². The summed E-state index contributed by atoms with van der Waals surface area (Å²) in [6.45, 7) is 5.00. The van der Waals surface area contributed by atoms with E-state index >= 15 is 0 Å². The fourth-order valence-corrected chi connectivity index (χ4v) is 2.95. The lowest BCUT2D eigenvalue weighted by Crippen LogP contribution is -2.15. The van der Waals surface area contributed by atoms with E-state index in [1.165, 1.54) is 4.52 Å². The van der Waals surface area contributed by atoms with Crippen LogP contribution in [0.25, 0.3) is 16.7 Å². The Bertz CT molecular complexity index is 1210. The van der Waals surface area contributed by atoms with Crippen LogP contribution in [0.5, 0.6) is 0 Å². The predicted octanol–water partition coefficient (Wildman–Crippen LogP) is 2.84. The van der Waals surface area contributed by atoms with Gasteiger partial charge in [0.05, 0.1) is 0 Å². The Hall–Kier alpha value is -3.55. The van der Waals surface area contributed by atoms with Gasteiger partial charge >= 0.3 is 5.97 Å². The minimum atomic E-state index is -0.792. The summed E-state index contributed by atoms with van der Waals surface area (Å²) < 4.78 is 12.1. The molecule has 0 N–H and O–H groups in total. The second-order valence-corrected chi connectivity index (χ2v) is 6.24. The first kappa shape index (κ1) is 16.9. The number of hydrogen-bond donors (Lipinski definition) is 0. The summed E-state index contributed by atoms with van der Waals surface area (Å²) in [6, 6.07) is 9.17. The van der Waals surface area contributed by atoms with Gasteiger partial charge in [-0.1, -0.05) is 18.2 Å². The molecule has 8 nitrogen and oxygen atoms in total. The number of Topliss-reactive ketones (excluding diaryl/α,β-unsaturated/α-hetero) is 1. The molecular formula is C19H16N4O4. The third kappa shape index (κ3) is 2.95. The molecule has 0 saturated heterocycles. The first-order chi connectivity index (χ1) is 12.9. The van der Waals surface area contributed by atoms with E-state index in [-0.39, 0.29) is 11.6 Å². The molecule has 0 atom stereocenters. The molecule has 0 radical (unpaired) electrons. The van der Waals surface area contributed by atoms with E-state index in [1.807, 2.05) is 38.1 Å². The third-order valence-electron chi connectivity index (χ3n) is 4.23. The summed E-state index contributed by atoms with van der Waals surface area (Å²) in [7, 11) is 0. The van der Waals surface area contributed by atoms with Crippen LogP contribution in [0.2, 0.25) is 0 Å². The SMILES string of the molecule is Cc1cc(C)n2nc(C(=O)OCC(=O)c3oc4ccccc4c3C)nc2n1. The van der Waals surface area contributed by atoms with Crippen molar-refractivity contribution in [2.45, 2.75) is 20.8 Å². The molecule has 136 valence electrons. The second-order valence-electron chi connectivity index (χ2n) is 6.24.